The van der Waals surface area contributed by atoms with Gasteiger partial charge in [-0.1, -0.05) is 25.0 Å². The van der Waals surface area contributed by atoms with Crippen LogP contribution >= 0.6 is 0 Å². The predicted molar refractivity (Wildman–Crippen MR) is 87.3 cm³/mol. The molecule has 0 unspecified atom stereocenters. The first-order valence-electron chi connectivity index (χ1n) is 8.00. The van der Waals surface area contributed by atoms with Crippen LogP contribution in [0.3, 0.4) is 0 Å². The molecule has 1 amide bonds. The van der Waals surface area contributed by atoms with E-state index < -0.39 is 0 Å². The molecule has 1 aliphatic rings. The van der Waals surface area contributed by atoms with Crippen LogP contribution in [-0.4, -0.2) is 34.4 Å². The number of rotatable bonds is 3. The maximum Gasteiger partial charge on any atom is 0.274 e. The summed E-state index contributed by atoms with van der Waals surface area (Å²) >= 11 is 0. The van der Waals surface area contributed by atoms with Gasteiger partial charge in [-0.3, -0.25) is 9.78 Å². The van der Waals surface area contributed by atoms with Crippen LogP contribution in [0.5, 0.6) is 5.75 Å². The molecular weight excluding hydrogens is 290 g/mol. The second-order valence-corrected chi connectivity index (χ2v) is 5.73. The highest BCUT2D eigenvalue weighted by Gasteiger charge is 2.28. The topological polar surface area (TPSA) is 55.3 Å². The van der Waals surface area contributed by atoms with Crippen molar-refractivity contribution in [1.29, 1.82) is 0 Å². The van der Waals surface area contributed by atoms with E-state index in [-0.39, 0.29) is 11.9 Å². The summed E-state index contributed by atoms with van der Waals surface area (Å²) in [5, 5.41) is 0. The minimum atomic E-state index is -0.0409. The van der Waals surface area contributed by atoms with E-state index in [0.717, 1.165) is 43.5 Å². The average molecular weight is 311 g/mol. The van der Waals surface area contributed by atoms with Crippen molar-refractivity contribution in [3.63, 3.8) is 0 Å². The third-order valence-electron chi connectivity index (χ3n) is 4.30. The van der Waals surface area contributed by atoms with E-state index in [0.29, 0.717) is 5.69 Å². The maximum absolute atomic E-state index is 12.9. The molecule has 0 saturated carbocycles. The summed E-state index contributed by atoms with van der Waals surface area (Å²) in [6.45, 7) is 0.756. The Bertz CT molecular complexity index is 643. The molecule has 23 heavy (non-hydrogen) atoms. The first-order chi connectivity index (χ1) is 11.3. The molecule has 0 bridgehead atoms. The van der Waals surface area contributed by atoms with E-state index in [2.05, 4.69) is 9.97 Å². The zero-order chi connectivity index (χ0) is 16.1. The smallest absolute Gasteiger partial charge is 0.274 e. The van der Waals surface area contributed by atoms with Gasteiger partial charge >= 0.3 is 0 Å². The zero-order valence-corrected chi connectivity index (χ0v) is 13.3. The first kappa shape index (κ1) is 15.5. The third-order valence-corrected chi connectivity index (χ3v) is 4.30. The fourth-order valence-electron chi connectivity index (χ4n) is 3.08. The summed E-state index contributed by atoms with van der Waals surface area (Å²) in [6, 6.07) is 8.08. The summed E-state index contributed by atoms with van der Waals surface area (Å²) in [7, 11) is 1.66. The normalized spacial score (nSPS) is 18.3. The Labute approximate surface area is 136 Å². The lowest BCUT2D eigenvalue weighted by Gasteiger charge is -2.30. The Morgan fingerprint density at radius 1 is 1.17 bits per heavy atom. The van der Waals surface area contributed by atoms with Gasteiger partial charge < -0.3 is 9.64 Å². The Kier molecular flexibility index (Phi) is 4.86. The van der Waals surface area contributed by atoms with Crippen molar-refractivity contribution in [2.45, 2.75) is 31.7 Å². The third kappa shape index (κ3) is 3.50. The number of likely N-dealkylation sites (tertiary alicyclic amines) is 1. The number of aromatic nitrogens is 2. The number of methoxy groups -OCH3 is 1. The summed E-state index contributed by atoms with van der Waals surface area (Å²) in [5.74, 6) is 0.787. The Morgan fingerprint density at radius 2 is 2.00 bits per heavy atom. The van der Waals surface area contributed by atoms with Crippen molar-refractivity contribution in [1.82, 2.24) is 14.9 Å². The van der Waals surface area contributed by atoms with Crippen LogP contribution in [0.25, 0.3) is 0 Å². The highest BCUT2D eigenvalue weighted by atomic mass is 16.5. The highest BCUT2D eigenvalue weighted by Crippen LogP contribution is 2.32. The predicted octanol–water partition coefficient (Wildman–Crippen LogP) is 3.24. The number of nitrogens with zero attached hydrogens (tertiary/aromatic N) is 3. The van der Waals surface area contributed by atoms with Crippen molar-refractivity contribution in [3.05, 3.63) is 54.1 Å². The minimum absolute atomic E-state index is 0.0409. The lowest BCUT2D eigenvalue weighted by molar-refractivity contribution is 0.0674. The molecule has 0 spiro atoms. The molecule has 1 atom stereocenters. The van der Waals surface area contributed by atoms with E-state index in [9.17, 15) is 4.79 Å². The molecular formula is C18H21N3O2. The van der Waals surface area contributed by atoms with Gasteiger partial charge in [-0.15, -0.1) is 0 Å². The monoisotopic (exact) mass is 311 g/mol. The van der Waals surface area contributed by atoms with Gasteiger partial charge in [-0.2, -0.15) is 0 Å². The lowest BCUT2D eigenvalue weighted by Crippen LogP contribution is -2.35. The molecule has 120 valence electrons. The van der Waals surface area contributed by atoms with Crippen LogP contribution in [0.1, 0.15) is 47.8 Å². The molecule has 1 fully saturated rings. The second-order valence-electron chi connectivity index (χ2n) is 5.73. The van der Waals surface area contributed by atoms with Crippen LogP contribution in [0, 0.1) is 0 Å². The van der Waals surface area contributed by atoms with Gasteiger partial charge in [0.15, 0.2) is 0 Å². The van der Waals surface area contributed by atoms with Crippen LogP contribution in [0.2, 0.25) is 0 Å². The molecule has 2 aromatic rings. The quantitative estimate of drug-likeness (QED) is 0.873. The number of amides is 1. The summed E-state index contributed by atoms with van der Waals surface area (Å²) in [5.41, 5.74) is 1.55. The van der Waals surface area contributed by atoms with E-state index in [4.69, 9.17) is 4.74 Å². The standard InChI is InChI=1S/C18H21N3O2/c1-23-15-8-6-14(7-9-15)17-5-3-2-4-12-21(17)18(22)16-13-19-10-11-20-16/h6-11,13,17H,2-5,12H2,1H3/t17-/m1/s1. The van der Waals surface area contributed by atoms with Crippen LogP contribution in [0.15, 0.2) is 42.9 Å². The van der Waals surface area contributed by atoms with Crippen molar-refractivity contribution in [2.75, 3.05) is 13.7 Å². The molecule has 0 aliphatic carbocycles. The summed E-state index contributed by atoms with van der Waals surface area (Å²) in [6.07, 6.45) is 8.96. The number of benzene rings is 1. The molecule has 5 nitrogen and oxygen atoms in total. The minimum Gasteiger partial charge on any atom is -0.497 e. The van der Waals surface area contributed by atoms with Gasteiger partial charge in [0.05, 0.1) is 19.3 Å². The lowest BCUT2D eigenvalue weighted by atomic mass is 10.0. The zero-order valence-electron chi connectivity index (χ0n) is 13.3. The van der Waals surface area contributed by atoms with E-state index in [1.54, 1.807) is 19.5 Å². The number of ether oxygens (including phenoxy) is 1. The Balaban J connectivity index is 1.89. The molecule has 1 saturated heterocycles. The van der Waals surface area contributed by atoms with Crippen LogP contribution < -0.4 is 4.74 Å². The number of carbonyl (C=O) groups is 1. The molecule has 2 heterocycles. The molecule has 0 N–H and O–H groups in total. The fourth-order valence-corrected chi connectivity index (χ4v) is 3.08. The Hall–Kier alpha value is -2.43. The summed E-state index contributed by atoms with van der Waals surface area (Å²) < 4.78 is 5.23. The number of hydrogen-bond donors (Lipinski definition) is 0. The molecule has 1 aliphatic heterocycles. The average Bonchev–Trinajstić information content (AvgIpc) is 2.88. The number of hydrogen-bond acceptors (Lipinski definition) is 4. The molecule has 5 heteroatoms. The van der Waals surface area contributed by atoms with Crippen molar-refractivity contribution in [3.8, 4) is 5.75 Å². The van der Waals surface area contributed by atoms with E-state index >= 15 is 0 Å². The fraction of sp³-hybridized carbons (Fsp3) is 0.389. The molecule has 1 aromatic carbocycles. The molecule has 0 radical (unpaired) electrons. The first-order valence-corrected chi connectivity index (χ1v) is 8.00. The van der Waals surface area contributed by atoms with Crippen LogP contribution in [0.4, 0.5) is 0 Å². The SMILES string of the molecule is COc1ccc([C@H]2CCCCCN2C(=O)c2cnccn2)cc1. The van der Waals surface area contributed by atoms with Crippen molar-refractivity contribution >= 4 is 5.91 Å². The molecule has 3 rings (SSSR count). The van der Waals surface area contributed by atoms with Crippen LogP contribution in [-0.2, 0) is 0 Å². The van der Waals surface area contributed by atoms with Crippen molar-refractivity contribution in [2.24, 2.45) is 0 Å². The number of carbonyl (C=O) groups excluding carboxylic acids is 1. The van der Waals surface area contributed by atoms with E-state index in [1.807, 2.05) is 29.2 Å². The molecule has 1 aromatic heterocycles. The maximum atomic E-state index is 12.9. The van der Waals surface area contributed by atoms with Crippen molar-refractivity contribution < 1.29 is 9.53 Å². The van der Waals surface area contributed by atoms with E-state index in [1.165, 1.54) is 6.20 Å². The van der Waals surface area contributed by atoms with Gasteiger partial charge in [0.25, 0.3) is 5.91 Å². The van der Waals surface area contributed by atoms with Gasteiger partial charge in [0, 0.05) is 18.9 Å². The largest absolute Gasteiger partial charge is 0.497 e. The Morgan fingerprint density at radius 3 is 2.70 bits per heavy atom. The van der Waals surface area contributed by atoms with Gasteiger partial charge in [0.2, 0.25) is 0 Å². The van der Waals surface area contributed by atoms with Gasteiger partial charge in [0.1, 0.15) is 11.4 Å². The van der Waals surface area contributed by atoms with Gasteiger partial charge in [-0.05, 0) is 30.5 Å². The van der Waals surface area contributed by atoms with Gasteiger partial charge in [-0.25, -0.2) is 4.98 Å². The second kappa shape index (κ2) is 7.22. The summed E-state index contributed by atoms with van der Waals surface area (Å²) in [4.78, 5) is 23.0. The highest BCUT2D eigenvalue weighted by molar-refractivity contribution is 5.92.